The molecule has 2 saturated heterocycles. The molecule has 0 aromatic rings. The van der Waals surface area contributed by atoms with E-state index in [1.165, 1.54) is 0 Å². The van der Waals surface area contributed by atoms with E-state index in [2.05, 4.69) is 0 Å². The topological polar surface area (TPSA) is 71.1 Å². The van der Waals surface area contributed by atoms with Crippen molar-refractivity contribution in [3.63, 3.8) is 0 Å². The molecule has 0 aromatic heterocycles. The van der Waals surface area contributed by atoms with Crippen LogP contribution in [0.5, 0.6) is 0 Å². The first-order chi connectivity index (χ1) is 7.79. The maximum Gasteiger partial charge on any atom is 0.657 e. The van der Waals surface area contributed by atoms with E-state index >= 15 is 0 Å². The lowest BCUT2D eigenvalue weighted by molar-refractivity contribution is -0.142. The molecule has 2 rings (SSSR count). The highest BCUT2D eigenvalue weighted by Gasteiger charge is 2.63. The van der Waals surface area contributed by atoms with Crippen molar-refractivity contribution in [1.82, 2.24) is 0 Å². The van der Waals surface area contributed by atoms with Crippen LogP contribution in [0.25, 0.3) is 0 Å². The minimum Gasteiger partial charge on any atom is -0.606 e. The Labute approximate surface area is 99.6 Å². The van der Waals surface area contributed by atoms with Gasteiger partial charge in [-0.1, -0.05) is 13.8 Å². The molecular weight excluding hydrogens is 227 g/mol. The highest BCUT2D eigenvalue weighted by Crippen LogP contribution is 2.41. The Morgan fingerprint density at radius 2 is 1.29 bits per heavy atom. The first kappa shape index (κ1) is 12.4. The zero-order valence-corrected chi connectivity index (χ0v) is 10.4. The molecule has 2 aliphatic rings. The maximum absolute atomic E-state index is 11.7. The van der Waals surface area contributed by atoms with E-state index in [1.807, 2.05) is 0 Å². The average Bonchev–Trinajstić information content (AvgIpc) is 2.64. The van der Waals surface area contributed by atoms with E-state index in [0.29, 0.717) is 12.8 Å². The van der Waals surface area contributed by atoms with E-state index in [4.69, 9.17) is 18.6 Å². The SMILES string of the molecule is CCC1(C)O[B-]2(OC1=O)OC(=O)C(C)(CC)O2. The number of hydrogen-bond donors (Lipinski definition) is 0. The summed E-state index contributed by atoms with van der Waals surface area (Å²) in [5.41, 5.74) is -2.22. The number of hydrogen-bond acceptors (Lipinski definition) is 6. The van der Waals surface area contributed by atoms with Crippen molar-refractivity contribution in [2.45, 2.75) is 51.7 Å². The minimum absolute atomic E-state index is 0.416. The van der Waals surface area contributed by atoms with Gasteiger partial charge in [0, 0.05) is 0 Å². The van der Waals surface area contributed by atoms with Gasteiger partial charge in [0.2, 0.25) is 0 Å². The Kier molecular flexibility index (Phi) is 2.52. The smallest absolute Gasteiger partial charge is 0.606 e. The van der Waals surface area contributed by atoms with Gasteiger partial charge in [0.1, 0.15) is 11.2 Å². The summed E-state index contributed by atoms with van der Waals surface area (Å²) in [7, 11) is 0. The van der Waals surface area contributed by atoms with E-state index in [9.17, 15) is 9.59 Å². The molecule has 96 valence electrons. The summed E-state index contributed by atoms with van der Waals surface area (Å²) < 4.78 is 20.9. The van der Waals surface area contributed by atoms with E-state index in [-0.39, 0.29) is 0 Å². The third-order valence-electron chi connectivity index (χ3n) is 3.52. The number of carbonyl (C=O) groups is 2. The quantitative estimate of drug-likeness (QED) is 0.671. The van der Waals surface area contributed by atoms with Crippen LogP contribution in [0.15, 0.2) is 0 Å². The summed E-state index contributed by atoms with van der Waals surface area (Å²) in [6.45, 7) is 4.02. The van der Waals surface area contributed by atoms with E-state index < -0.39 is 30.1 Å². The van der Waals surface area contributed by atoms with E-state index in [1.54, 1.807) is 27.7 Å². The van der Waals surface area contributed by atoms with Gasteiger partial charge in [0.05, 0.1) is 0 Å². The standard InChI is InChI=1S/C10H16BO6/c1-5-9(3)7(12)14-11(16-9)15-8(13)10(4,6-2)17-11/h5-6H2,1-4H3/q-1. The summed E-state index contributed by atoms with van der Waals surface area (Å²) in [4.78, 5) is 23.4. The molecule has 2 aliphatic heterocycles. The number of rotatable bonds is 2. The Morgan fingerprint density at radius 1 is 0.941 bits per heavy atom. The van der Waals surface area contributed by atoms with Crippen LogP contribution in [0.4, 0.5) is 0 Å². The second kappa shape index (κ2) is 3.46. The molecule has 0 bridgehead atoms. The van der Waals surface area contributed by atoms with Crippen LogP contribution >= 0.6 is 0 Å². The largest absolute Gasteiger partial charge is 0.657 e. The molecule has 1 spiro atoms. The zero-order chi connectivity index (χ0) is 12.9. The molecule has 0 radical (unpaired) electrons. The molecule has 2 unspecified atom stereocenters. The van der Waals surface area contributed by atoms with Gasteiger partial charge in [-0.3, -0.25) is 9.59 Å². The van der Waals surface area contributed by atoms with Crippen molar-refractivity contribution in [3.8, 4) is 0 Å². The molecule has 7 heteroatoms. The second-order valence-corrected chi connectivity index (χ2v) is 4.79. The minimum atomic E-state index is -2.72. The summed E-state index contributed by atoms with van der Waals surface area (Å²) >= 11 is 0. The molecule has 2 heterocycles. The lowest BCUT2D eigenvalue weighted by atomic mass is 10.0. The van der Waals surface area contributed by atoms with Gasteiger partial charge >= 0.3 is 6.96 Å². The maximum atomic E-state index is 11.7. The van der Waals surface area contributed by atoms with Crippen LogP contribution in [0.1, 0.15) is 40.5 Å². The van der Waals surface area contributed by atoms with Gasteiger partial charge in [-0.15, -0.1) is 0 Å². The molecule has 0 amide bonds. The van der Waals surface area contributed by atoms with Crippen LogP contribution in [0.2, 0.25) is 0 Å². The first-order valence-corrected chi connectivity index (χ1v) is 5.79. The fourth-order valence-corrected chi connectivity index (χ4v) is 1.84. The summed E-state index contributed by atoms with van der Waals surface area (Å²) in [6.07, 6.45) is 0.832. The van der Waals surface area contributed by atoms with Crippen molar-refractivity contribution < 1.29 is 28.2 Å². The predicted molar refractivity (Wildman–Crippen MR) is 57.5 cm³/mol. The third kappa shape index (κ3) is 1.65. The lowest BCUT2D eigenvalue weighted by Crippen LogP contribution is -2.44. The van der Waals surface area contributed by atoms with E-state index in [0.717, 1.165) is 0 Å². The first-order valence-electron chi connectivity index (χ1n) is 5.79. The molecule has 0 saturated carbocycles. The normalized spacial score (nSPS) is 45.2. The van der Waals surface area contributed by atoms with Gasteiger partial charge in [-0.05, 0) is 26.7 Å². The van der Waals surface area contributed by atoms with Gasteiger partial charge in [-0.2, -0.15) is 0 Å². The van der Waals surface area contributed by atoms with Gasteiger partial charge in [0.25, 0.3) is 11.9 Å². The Balaban J connectivity index is 2.26. The fraction of sp³-hybridized carbons (Fsp3) is 0.800. The monoisotopic (exact) mass is 243 g/mol. The van der Waals surface area contributed by atoms with Crippen molar-refractivity contribution >= 4 is 18.9 Å². The van der Waals surface area contributed by atoms with Gasteiger partial charge < -0.3 is 18.6 Å². The third-order valence-corrected chi connectivity index (χ3v) is 3.52. The van der Waals surface area contributed by atoms with Crippen LogP contribution < -0.4 is 0 Å². The van der Waals surface area contributed by atoms with Crippen molar-refractivity contribution in [2.24, 2.45) is 0 Å². The molecule has 0 aliphatic carbocycles. The zero-order valence-electron chi connectivity index (χ0n) is 10.4. The average molecular weight is 243 g/mol. The van der Waals surface area contributed by atoms with Crippen LogP contribution in [-0.2, 0) is 28.2 Å². The molecule has 0 aromatic carbocycles. The number of carbonyl (C=O) groups excluding carboxylic acids is 2. The molecular formula is C10H16BO6-. The highest BCUT2D eigenvalue weighted by atomic mass is 16.9. The lowest BCUT2D eigenvalue weighted by Gasteiger charge is -2.30. The molecule has 2 fully saturated rings. The highest BCUT2D eigenvalue weighted by molar-refractivity contribution is 6.61. The molecule has 17 heavy (non-hydrogen) atoms. The molecule has 6 nitrogen and oxygen atoms in total. The van der Waals surface area contributed by atoms with Crippen LogP contribution in [0.3, 0.4) is 0 Å². The molecule has 2 atom stereocenters. The predicted octanol–water partition coefficient (Wildman–Crippen LogP) is 0.906. The van der Waals surface area contributed by atoms with Crippen LogP contribution in [0, 0.1) is 0 Å². The Bertz CT molecular complexity index is 347. The fourth-order valence-electron chi connectivity index (χ4n) is 1.84. The summed E-state index contributed by atoms with van der Waals surface area (Å²) in [6, 6.07) is 0. The second-order valence-electron chi connectivity index (χ2n) is 4.79. The Hall–Kier alpha value is -1.08. The van der Waals surface area contributed by atoms with Crippen LogP contribution in [-0.4, -0.2) is 30.1 Å². The van der Waals surface area contributed by atoms with Crippen molar-refractivity contribution in [3.05, 3.63) is 0 Å². The van der Waals surface area contributed by atoms with Gasteiger partial charge in [-0.25, -0.2) is 0 Å². The Morgan fingerprint density at radius 3 is 1.53 bits per heavy atom. The van der Waals surface area contributed by atoms with Gasteiger partial charge in [0.15, 0.2) is 0 Å². The van der Waals surface area contributed by atoms with Crippen molar-refractivity contribution in [1.29, 1.82) is 0 Å². The van der Waals surface area contributed by atoms with Crippen molar-refractivity contribution in [2.75, 3.05) is 0 Å². The molecule has 0 N–H and O–H groups in total. The summed E-state index contributed by atoms with van der Waals surface area (Å²) in [5.74, 6) is -1.12. The summed E-state index contributed by atoms with van der Waals surface area (Å²) in [5, 5.41) is 0.